The first kappa shape index (κ1) is 15.5. The first-order valence-corrected chi connectivity index (χ1v) is 7.71. The summed E-state index contributed by atoms with van der Waals surface area (Å²) in [4.78, 5) is 21.0. The lowest BCUT2D eigenvalue weighted by Crippen LogP contribution is -2.21. The Balaban J connectivity index is 1.67. The number of fused-ring (bicyclic) bond motifs is 1. The van der Waals surface area contributed by atoms with E-state index in [9.17, 15) is 9.18 Å². The zero-order valence-electron chi connectivity index (χ0n) is 12.7. The molecular weight excluding hydrogens is 347 g/mol. The molecule has 0 saturated carbocycles. The van der Waals surface area contributed by atoms with Gasteiger partial charge in [0.25, 0.3) is 5.56 Å². The normalized spacial score (nSPS) is 11.1. The van der Waals surface area contributed by atoms with Crippen molar-refractivity contribution < 1.29 is 8.91 Å². The van der Waals surface area contributed by atoms with E-state index in [0.717, 1.165) is 0 Å². The molecule has 0 atom stereocenters. The maximum atomic E-state index is 13.0. The van der Waals surface area contributed by atoms with Gasteiger partial charge in [0.1, 0.15) is 12.4 Å². The van der Waals surface area contributed by atoms with Crippen LogP contribution >= 0.6 is 11.6 Å². The standard InChI is InChI=1S/C17H10ClFN4O2/c18-11-3-6-14-13(7-11)17(24)23(9-20-14)8-15-21-16(22-25-15)10-1-4-12(19)5-2-10/h1-7,9H,8H2. The van der Waals surface area contributed by atoms with E-state index in [2.05, 4.69) is 15.1 Å². The molecule has 0 aliphatic heterocycles. The molecule has 2 aromatic carbocycles. The molecule has 0 fully saturated rings. The minimum absolute atomic E-state index is 0.0719. The Bertz CT molecular complexity index is 1120. The van der Waals surface area contributed by atoms with E-state index in [-0.39, 0.29) is 23.8 Å². The minimum Gasteiger partial charge on any atom is -0.337 e. The molecule has 124 valence electrons. The van der Waals surface area contributed by atoms with Crippen LogP contribution < -0.4 is 5.56 Å². The zero-order valence-corrected chi connectivity index (χ0v) is 13.4. The quantitative estimate of drug-likeness (QED) is 0.563. The Morgan fingerprint density at radius 3 is 2.76 bits per heavy atom. The Morgan fingerprint density at radius 2 is 1.96 bits per heavy atom. The number of aromatic nitrogens is 4. The lowest BCUT2D eigenvalue weighted by atomic mass is 10.2. The molecule has 2 heterocycles. The molecule has 0 aliphatic rings. The summed E-state index contributed by atoms with van der Waals surface area (Å²) in [6, 6.07) is 10.7. The first-order valence-electron chi connectivity index (χ1n) is 7.33. The van der Waals surface area contributed by atoms with Crippen molar-refractivity contribution in [1.29, 1.82) is 0 Å². The van der Waals surface area contributed by atoms with Gasteiger partial charge < -0.3 is 4.52 Å². The number of benzene rings is 2. The molecule has 0 amide bonds. The topological polar surface area (TPSA) is 73.8 Å². The SMILES string of the molecule is O=c1c2cc(Cl)ccc2ncn1Cc1nc(-c2ccc(F)cc2)no1. The van der Waals surface area contributed by atoms with Crippen molar-refractivity contribution in [2.45, 2.75) is 6.54 Å². The van der Waals surface area contributed by atoms with Crippen LogP contribution in [0.4, 0.5) is 4.39 Å². The number of hydrogen-bond donors (Lipinski definition) is 0. The Morgan fingerprint density at radius 1 is 1.16 bits per heavy atom. The maximum Gasteiger partial charge on any atom is 0.261 e. The van der Waals surface area contributed by atoms with Crippen LogP contribution in [0, 0.1) is 5.82 Å². The third-order valence-corrected chi connectivity index (χ3v) is 3.90. The third kappa shape index (κ3) is 3.01. The second kappa shape index (κ2) is 6.10. The smallest absolute Gasteiger partial charge is 0.261 e. The van der Waals surface area contributed by atoms with Gasteiger partial charge in [-0.05, 0) is 42.5 Å². The van der Waals surface area contributed by atoms with E-state index in [1.807, 2.05) is 0 Å². The summed E-state index contributed by atoms with van der Waals surface area (Å²) in [5.74, 6) is 0.212. The highest BCUT2D eigenvalue weighted by atomic mass is 35.5. The highest BCUT2D eigenvalue weighted by molar-refractivity contribution is 6.31. The molecular formula is C17H10ClFN4O2. The lowest BCUT2D eigenvalue weighted by Gasteiger charge is -2.03. The van der Waals surface area contributed by atoms with Crippen molar-refractivity contribution in [3.05, 3.63) is 75.9 Å². The van der Waals surface area contributed by atoms with E-state index in [1.54, 1.807) is 30.3 Å². The van der Waals surface area contributed by atoms with E-state index in [0.29, 0.717) is 27.3 Å². The highest BCUT2D eigenvalue weighted by Gasteiger charge is 2.11. The summed E-state index contributed by atoms with van der Waals surface area (Å²) in [6.45, 7) is 0.0719. The van der Waals surface area contributed by atoms with Crippen LogP contribution in [0.2, 0.25) is 5.02 Å². The molecule has 0 bridgehead atoms. The minimum atomic E-state index is -0.347. The van der Waals surface area contributed by atoms with Gasteiger partial charge in [0.05, 0.1) is 17.2 Å². The molecule has 0 unspecified atom stereocenters. The lowest BCUT2D eigenvalue weighted by molar-refractivity contribution is 0.369. The molecule has 4 aromatic rings. The van der Waals surface area contributed by atoms with Crippen molar-refractivity contribution in [3.63, 3.8) is 0 Å². The van der Waals surface area contributed by atoms with E-state index in [4.69, 9.17) is 16.1 Å². The van der Waals surface area contributed by atoms with Crippen molar-refractivity contribution in [1.82, 2.24) is 19.7 Å². The van der Waals surface area contributed by atoms with Gasteiger partial charge in [-0.15, -0.1) is 0 Å². The van der Waals surface area contributed by atoms with Crippen LogP contribution in [-0.2, 0) is 6.54 Å². The number of halogens is 2. The summed E-state index contributed by atoms with van der Waals surface area (Å²) < 4.78 is 19.5. The van der Waals surface area contributed by atoms with Crippen molar-refractivity contribution in [2.24, 2.45) is 0 Å². The fourth-order valence-corrected chi connectivity index (χ4v) is 2.60. The van der Waals surface area contributed by atoms with Gasteiger partial charge in [-0.2, -0.15) is 4.98 Å². The fraction of sp³-hybridized carbons (Fsp3) is 0.0588. The molecule has 0 spiro atoms. The summed E-state index contributed by atoms with van der Waals surface area (Å²) >= 11 is 5.94. The molecule has 4 rings (SSSR count). The average Bonchev–Trinajstić information content (AvgIpc) is 3.07. The fourth-order valence-electron chi connectivity index (χ4n) is 2.42. The first-order chi connectivity index (χ1) is 12.1. The van der Waals surface area contributed by atoms with Gasteiger partial charge in [-0.1, -0.05) is 16.8 Å². The second-order valence-corrected chi connectivity index (χ2v) is 5.79. The Kier molecular flexibility index (Phi) is 3.77. The van der Waals surface area contributed by atoms with Gasteiger partial charge >= 0.3 is 0 Å². The number of nitrogens with zero attached hydrogens (tertiary/aromatic N) is 4. The highest BCUT2D eigenvalue weighted by Crippen LogP contribution is 2.17. The summed E-state index contributed by atoms with van der Waals surface area (Å²) in [7, 11) is 0. The largest absolute Gasteiger partial charge is 0.337 e. The van der Waals surface area contributed by atoms with Gasteiger partial charge in [0.15, 0.2) is 0 Å². The summed E-state index contributed by atoms with van der Waals surface area (Å²) in [5.41, 5.74) is 0.921. The predicted molar refractivity (Wildman–Crippen MR) is 89.8 cm³/mol. The Labute approximate surface area is 145 Å². The second-order valence-electron chi connectivity index (χ2n) is 5.36. The van der Waals surface area contributed by atoms with Gasteiger partial charge in [-0.25, -0.2) is 9.37 Å². The van der Waals surface area contributed by atoms with Crippen LogP contribution in [0.1, 0.15) is 5.89 Å². The van der Waals surface area contributed by atoms with Crippen LogP contribution in [-0.4, -0.2) is 19.7 Å². The van der Waals surface area contributed by atoms with Gasteiger partial charge in [0, 0.05) is 10.6 Å². The third-order valence-electron chi connectivity index (χ3n) is 3.66. The molecule has 6 nitrogen and oxygen atoms in total. The molecule has 2 aromatic heterocycles. The van der Waals surface area contributed by atoms with Crippen molar-refractivity contribution in [3.8, 4) is 11.4 Å². The van der Waals surface area contributed by atoms with Crippen LogP contribution in [0.15, 0.2) is 58.1 Å². The van der Waals surface area contributed by atoms with Crippen molar-refractivity contribution in [2.75, 3.05) is 0 Å². The van der Waals surface area contributed by atoms with E-state index >= 15 is 0 Å². The number of hydrogen-bond acceptors (Lipinski definition) is 5. The monoisotopic (exact) mass is 356 g/mol. The molecule has 0 N–H and O–H groups in total. The zero-order chi connectivity index (χ0) is 17.4. The summed E-state index contributed by atoms with van der Waals surface area (Å²) in [6.07, 6.45) is 1.42. The maximum absolute atomic E-state index is 13.0. The molecule has 0 aliphatic carbocycles. The van der Waals surface area contributed by atoms with Crippen LogP contribution in [0.5, 0.6) is 0 Å². The Hall–Kier alpha value is -3.06. The van der Waals surface area contributed by atoms with Crippen LogP contribution in [0.3, 0.4) is 0 Å². The molecule has 8 heteroatoms. The van der Waals surface area contributed by atoms with Gasteiger partial charge in [0.2, 0.25) is 11.7 Å². The average molecular weight is 357 g/mol. The van der Waals surface area contributed by atoms with Crippen LogP contribution in [0.25, 0.3) is 22.3 Å². The van der Waals surface area contributed by atoms with Crippen molar-refractivity contribution >= 4 is 22.5 Å². The van der Waals surface area contributed by atoms with E-state index in [1.165, 1.54) is 23.0 Å². The molecule has 0 saturated heterocycles. The summed E-state index contributed by atoms with van der Waals surface area (Å²) in [5, 5.41) is 4.72. The van der Waals surface area contributed by atoms with E-state index < -0.39 is 0 Å². The van der Waals surface area contributed by atoms with Gasteiger partial charge in [-0.3, -0.25) is 9.36 Å². The number of rotatable bonds is 3. The predicted octanol–water partition coefficient (Wildman–Crippen LogP) is 3.29. The molecule has 25 heavy (non-hydrogen) atoms. The molecule has 0 radical (unpaired) electrons.